The number of nitrogens with zero attached hydrogens (tertiary/aromatic N) is 2. The zero-order chi connectivity index (χ0) is 14.6. The largest absolute Gasteiger partial charge is 0.340 e. The lowest BCUT2D eigenvalue weighted by atomic mass is 10.1. The number of hydrogen-bond acceptors (Lipinski definition) is 4. The van der Waals surface area contributed by atoms with Gasteiger partial charge in [0.15, 0.2) is 9.84 Å². The van der Waals surface area contributed by atoms with E-state index < -0.39 is 15.1 Å². The predicted octanol–water partition coefficient (Wildman–Crippen LogP) is 0.727. The Bertz CT molecular complexity index is 441. The zero-order valence-corrected chi connectivity index (χ0v) is 13.3. The topological polar surface area (TPSA) is 57.7 Å². The average Bonchev–Trinajstić information content (AvgIpc) is 2.64. The van der Waals surface area contributed by atoms with Crippen LogP contribution in [0.4, 0.5) is 0 Å². The van der Waals surface area contributed by atoms with E-state index >= 15 is 0 Å². The molecule has 1 atom stereocenters. The Morgan fingerprint density at radius 3 is 2.60 bits per heavy atom. The van der Waals surface area contributed by atoms with Crippen LogP contribution in [0.5, 0.6) is 0 Å². The van der Waals surface area contributed by atoms with Crippen molar-refractivity contribution in [2.24, 2.45) is 0 Å². The molecule has 0 aromatic carbocycles. The molecule has 0 N–H and O–H groups in total. The highest BCUT2D eigenvalue weighted by molar-refractivity contribution is 7.92. The van der Waals surface area contributed by atoms with Crippen molar-refractivity contribution >= 4 is 27.3 Å². The van der Waals surface area contributed by atoms with Crippen molar-refractivity contribution in [1.29, 1.82) is 0 Å². The number of rotatable bonds is 3. The molecule has 0 aliphatic carbocycles. The first-order valence-electron chi connectivity index (χ1n) is 7.33. The Labute approximate surface area is 126 Å². The van der Waals surface area contributed by atoms with Crippen LogP contribution >= 0.6 is 11.6 Å². The van der Waals surface area contributed by atoms with Crippen LogP contribution in [0, 0.1) is 0 Å². The molecule has 2 heterocycles. The number of amides is 1. The highest BCUT2D eigenvalue weighted by atomic mass is 35.5. The van der Waals surface area contributed by atoms with Crippen LogP contribution in [0.2, 0.25) is 0 Å². The van der Waals surface area contributed by atoms with Crippen molar-refractivity contribution in [3.05, 3.63) is 0 Å². The van der Waals surface area contributed by atoms with Gasteiger partial charge in [0, 0.05) is 32.1 Å². The maximum atomic E-state index is 12.5. The maximum Gasteiger partial charge on any atom is 0.240 e. The van der Waals surface area contributed by atoms with Gasteiger partial charge in [0.1, 0.15) is 5.25 Å². The van der Waals surface area contributed by atoms with Crippen LogP contribution in [-0.4, -0.2) is 73.7 Å². The van der Waals surface area contributed by atoms with E-state index in [0.29, 0.717) is 31.8 Å². The summed E-state index contributed by atoms with van der Waals surface area (Å²) in [5, 5.41) is -0.796. The number of hydrogen-bond donors (Lipinski definition) is 0. The van der Waals surface area contributed by atoms with Gasteiger partial charge in [-0.2, -0.15) is 0 Å². The molecule has 2 rings (SSSR count). The minimum Gasteiger partial charge on any atom is -0.340 e. The summed E-state index contributed by atoms with van der Waals surface area (Å²) in [5.74, 6) is 0.568. The molecule has 20 heavy (non-hydrogen) atoms. The molecular formula is C13H23ClN2O3S. The summed E-state index contributed by atoms with van der Waals surface area (Å²) in [4.78, 5) is 16.5. The van der Waals surface area contributed by atoms with Gasteiger partial charge in [-0.25, -0.2) is 8.42 Å². The van der Waals surface area contributed by atoms with Crippen molar-refractivity contribution in [2.45, 2.75) is 30.9 Å². The van der Waals surface area contributed by atoms with Gasteiger partial charge < -0.3 is 9.80 Å². The van der Waals surface area contributed by atoms with Crippen LogP contribution in [0.3, 0.4) is 0 Å². The van der Waals surface area contributed by atoms with E-state index in [0.717, 1.165) is 32.5 Å². The summed E-state index contributed by atoms with van der Waals surface area (Å²) in [6.45, 7) is 3.80. The number of carbonyl (C=O) groups is 1. The van der Waals surface area contributed by atoms with Crippen LogP contribution < -0.4 is 0 Å². The molecule has 116 valence electrons. The maximum absolute atomic E-state index is 12.5. The SMILES string of the molecule is O=C(C1CCCCS1(=O)=O)N1CCCN(CCCl)CC1. The Hall–Kier alpha value is -0.330. The Kier molecular flexibility index (Phi) is 5.69. The summed E-state index contributed by atoms with van der Waals surface area (Å²) in [6, 6.07) is 0. The molecule has 0 spiro atoms. The first kappa shape index (κ1) is 16.0. The van der Waals surface area contributed by atoms with Gasteiger partial charge in [-0.1, -0.05) is 6.42 Å². The zero-order valence-electron chi connectivity index (χ0n) is 11.8. The molecule has 7 heteroatoms. The molecule has 5 nitrogen and oxygen atoms in total. The third-order valence-electron chi connectivity index (χ3n) is 4.16. The number of carbonyl (C=O) groups excluding carboxylic acids is 1. The van der Waals surface area contributed by atoms with Crippen molar-refractivity contribution in [3.63, 3.8) is 0 Å². The lowest BCUT2D eigenvalue weighted by molar-refractivity contribution is -0.130. The predicted molar refractivity (Wildman–Crippen MR) is 79.8 cm³/mol. The fraction of sp³-hybridized carbons (Fsp3) is 0.923. The Morgan fingerprint density at radius 2 is 1.90 bits per heavy atom. The van der Waals surface area contributed by atoms with Crippen LogP contribution in [-0.2, 0) is 14.6 Å². The van der Waals surface area contributed by atoms with Gasteiger partial charge in [0.2, 0.25) is 5.91 Å². The summed E-state index contributed by atoms with van der Waals surface area (Å²) in [6.07, 6.45) is 2.90. The second-order valence-electron chi connectivity index (χ2n) is 5.56. The van der Waals surface area contributed by atoms with Crippen LogP contribution in [0.15, 0.2) is 0 Å². The lowest BCUT2D eigenvalue weighted by Gasteiger charge is -2.28. The van der Waals surface area contributed by atoms with E-state index in [-0.39, 0.29) is 11.7 Å². The van der Waals surface area contributed by atoms with Gasteiger partial charge >= 0.3 is 0 Å². The van der Waals surface area contributed by atoms with E-state index in [1.54, 1.807) is 4.90 Å². The van der Waals surface area contributed by atoms with Crippen molar-refractivity contribution in [3.8, 4) is 0 Å². The molecular weight excluding hydrogens is 300 g/mol. The molecule has 0 radical (unpaired) electrons. The van der Waals surface area contributed by atoms with E-state index in [2.05, 4.69) is 4.90 Å². The summed E-state index contributed by atoms with van der Waals surface area (Å²) in [5.41, 5.74) is 0. The van der Waals surface area contributed by atoms with Crippen LogP contribution in [0.1, 0.15) is 25.7 Å². The van der Waals surface area contributed by atoms with Crippen LogP contribution in [0.25, 0.3) is 0 Å². The minimum atomic E-state index is -3.23. The van der Waals surface area contributed by atoms with Crippen molar-refractivity contribution in [2.75, 3.05) is 44.4 Å². The molecule has 1 amide bonds. The van der Waals surface area contributed by atoms with E-state index in [1.807, 2.05) is 0 Å². The Balaban J connectivity index is 1.98. The van der Waals surface area contributed by atoms with E-state index in [4.69, 9.17) is 11.6 Å². The standard InChI is InChI=1S/C13H23ClN2O3S/c14-5-8-15-6-3-7-16(10-9-15)13(17)12-4-1-2-11-20(12,18)19/h12H,1-11H2. The second-order valence-corrected chi connectivity index (χ2v) is 8.24. The summed E-state index contributed by atoms with van der Waals surface area (Å²) >= 11 is 5.74. The van der Waals surface area contributed by atoms with Gasteiger partial charge in [-0.05, 0) is 25.8 Å². The van der Waals surface area contributed by atoms with Gasteiger partial charge in [-0.3, -0.25) is 4.79 Å². The van der Waals surface area contributed by atoms with Gasteiger partial charge in [-0.15, -0.1) is 11.6 Å². The molecule has 0 bridgehead atoms. The lowest BCUT2D eigenvalue weighted by Crippen LogP contribution is -2.46. The minimum absolute atomic E-state index is 0.162. The van der Waals surface area contributed by atoms with E-state index in [1.165, 1.54) is 0 Å². The fourth-order valence-corrected chi connectivity index (χ4v) is 5.08. The quantitative estimate of drug-likeness (QED) is 0.719. The molecule has 0 aromatic heterocycles. The van der Waals surface area contributed by atoms with Gasteiger partial charge in [0.05, 0.1) is 5.75 Å². The first-order chi connectivity index (χ1) is 9.54. The first-order valence-corrected chi connectivity index (χ1v) is 9.58. The summed E-state index contributed by atoms with van der Waals surface area (Å²) in [7, 11) is -3.23. The number of halogens is 1. The highest BCUT2D eigenvalue weighted by Crippen LogP contribution is 2.22. The second kappa shape index (κ2) is 7.09. The average molecular weight is 323 g/mol. The van der Waals surface area contributed by atoms with E-state index in [9.17, 15) is 13.2 Å². The van der Waals surface area contributed by atoms with Crippen molar-refractivity contribution in [1.82, 2.24) is 9.80 Å². The third kappa shape index (κ3) is 3.86. The fourth-order valence-electron chi connectivity index (χ4n) is 2.97. The van der Waals surface area contributed by atoms with Gasteiger partial charge in [0.25, 0.3) is 0 Å². The third-order valence-corrected chi connectivity index (χ3v) is 6.49. The number of sulfone groups is 1. The monoisotopic (exact) mass is 322 g/mol. The molecule has 2 aliphatic heterocycles. The van der Waals surface area contributed by atoms with Crippen molar-refractivity contribution < 1.29 is 13.2 Å². The highest BCUT2D eigenvalue weighted by Gasteiger charge is 2.37. The summed E-state index contributed by atoms with van der Waals surface area (Å²) < 4.78 is 24.1. The Morgan fingerprint density at radius 1 is 1.10 bits per heavy atom. The smallest absolute Gasteiger partial charge is 0.240 e. The molecule has 0 saturated carbocycles. The molecule has 2 aliphatic rings. The molecule has 1 unspecified atom stereocenters. The normalized spacial score (nSPS) is 28.1. The molecule has 2 saturated heterocycles. The number of alkyl halides is 1. The molecule has 0 aromatic rings. The molecule has 2 fully saturated rings.